The topological polar surface area (TPSA) is 86.0 Å². The average Bonchev–Trinajstić information content (AvgIpc) is 2.22. The van der Waals surface area contributed by atoms with E-state index in [1.54, 1.807) is 12.1 Å². The zero-order valence-corrected chi connectivity index (χ0v) is 9.12. The number of hydrogen-bond donors (Lipinski definition) is 2. The van der Waals surface area contributed by atoms with Crippen LogP contribution in [0.15, 0.2) is 29.7 Å². The van der Waals surface area contributed by atoms with E-state index < -0.39 is 5.91 Å². The van der Waals surface area contributed by atoms with Crippen LogP contribution >= 0.6 is 11.6 Å². The molecule has 0 aliphatic heterocycles. The Morgan fingerprint density at radius 1 is 1.62 bits per heavy atom. The molecule has 0 radical (unpaired) electrons. The molecule has 2 N–H and O–H groups in total. The van der Waals surface area contributed by atoms with Crippen LogP contribution in [0, 0.1) is 11.3 Å². The predicted octanol–water partition coefficient (Wildman–Crippen LogP) is 2.03. The first kappa shape index (κ1) is 12.0. The van der Waals surface area contributed by atoms with Gasteiger partial charge in [0.05, 0.1) is 5.02 Å². The summed E-state index contributed by atoms with van der Waals surface area (Å²) in [7, 11) is 0. The van der Waals surface area contributed by atoms with Crippen LogP contribution in [0.1, 0.15) is 6.92 Å². The van der Waals surface area contributed by atoms with Crippen molar-refractivity contribution in [2.24, 2.45) is 0 Å². The Labute approximate surface area is 97.0 Å². The summed E-state index contributed by atoms with van der Waals surface area (Å²) in [5.74, 6) is -0.797. The summed E-state index contributed by atoms with van der Waals surface area (Å²) in [5.41, 5.74) is -0.350. The molecule has 82 valence electrons. The third-order valence-electron chi connectivity index (χ3n) is 1.67. The molecular weight excluding hydrogens is 230 g/mol. The van der Waals surface area contributed by atoms with Gasteiger partial charge in [0.1, 0.15) is 17.6 Å². The van der Waals surface area contributed by atoms with E-state index in [2.05, 4.69) is 10.3 Å². The predicted molar refractivity (Wildman–Crippen MR) is 58.8 cm³/mol. The summed E-state index contributed by atoms with van der Waals surface area (Å²) in [5, 5.41) is 20.5. The molecule has 0 aromatic carbocycles. The number of carbonyl (C=O) groups excluding carboxylic acids is 1. The van der Waals surface area contributed by atoms with Crippen LogP contribution in [0.5, 0.6) is 0 Å². The van der Waals surface area contributed by atoms with Crippen molar-refractivity contribution in [3.63, 3.8) is 0 Å². The first-order valence-electron chi connectivity index (χ1n) is 4.27. The molecule has 0 saturated carbocycles. The molecule has 0 fully saturated rings. The first-order valence-corrected chi connectivity index (χ1v) is 4.65. The van der Waals surface area contributed by atoms with Crippen molar-refractivity contribution in [3.05, 3.63) is 34.7 Å². The second kappa shape index (κ2) is 5.14. The van der Waals surface area contributed by atoms with Gasteiger partial charge in [0, 0.05) is 6.20 Å². The summed E-state index contributed by atoms with van der Waals surface area (Å²) in [6.07, 6.45) is 1.36. The molecule has 1 heterocycles. The zero-order valence-electron chi connectivity index (χ0n) is 8.36. The highest BCUT2D eigenvalue weighted by Gasteiger charge is 2.12. The van der Waals surface area contributed by atoms with Gasteiger partial charge in [-0.1, -0.05) is 11.6 Å². The van der Waals surface area contributed by atoms with E-state index in [1.807, 2.05) is 0 Å². The fourth-order valence-electron chi connectivity index (χ4n) is 0.925. The maximum absolute atomic E-state index is 11.4. The molecule has 6 heteroatoms. The van der Waals surface area contributed by atoms with E-state index in [1.165, 1.54) is 19.2 Å². The maximum Gasteiger partial charge on any atom is 0.270 e. The number of aliphatic hydroxyl groups excluding tert-OH is 1. The molecule has 5 nitrogen and oxygen atoms in total. The molecule has 0 bridgehead atoms. The van der Waals surface area contributed by atoms with Crippen molar-refractivity contribution in [3.8, 4) is 6.07 Å². The highest BCUT2D eigenvalue weighted by molar-refractivity contribution is 6.30. The van der Waals surface area contributed by atoms with Crippen LogP contribution in [0.25, 0.3) is 0 Å². The molecule has 16 heavy (non-hydrogen) atoms. The van der Waals surface area contributed by atoms with Crippen molar-refractivity contribution in [2.45, 2.75) is 6.92 Å². The average molecular weight is 238 g/mol. The fraction of sp³-hybridized carbons (Fsp3) is 0.100. The summed E-state index contributed by atoms with van der Waals surface area (Å²) in [6.45, 7) is 1.26. The number of allylic oxidation sites excluding steroid dienone is 1. The summed E-state index contributed by atoms with van der Waals surface area (Å²) < 4.78 is 0. The Morgan fingerprint density at radius 3 is 2.75 bits per heavy atom. The molecule has 1 amide bonds. The summed E-state index contributed by atoms with van der Waals surface area (Å²) in [6, 6.07) is 4.63. The number of nitrogens with zero attached hydrogens (tertiary/aromatic N) is 2. The van der Waals surface area contributed by atoms with Crippen LogP contribution in [-0.4, -0.2) is 16.0 Å². The minimum atomic E-state index is -0.711. The summed E-state index contributed by atoms with van der Waals surface area (Å²) in [4.78, 5) is 15.3. The molecule has 0 atom stereocenters. The van der Waals surface area contributed by atoms with Gasteiger partial charge in [-0.3, -0.25) is 4.79 Å². The molecule has 0 saturated heterocycles. The van der Waals surface area contributed by atoms with Gasteiger partial charge in [0.2, 0.25) is 0 Å². The van der Waals surface area contributed by atoms with Crippen LogP contribution in [0.2, 0.25) is 5.02 Å². The zero-order chi connectivity index (χ0) is 12.1. The lowest BCUT2D eigenvalue weighted by molar-refractivity contribution is -0.112. The highest BCUT2D eigenvalue weighted by atomic mass is 35.5. The number of aliphatic hydroxyl groups is 1. The van der Waals surface area contributed by atoms with Crippen LogP contribution in [0.3, 0.4) is 0 Å². The van der Waals surface area contributed by atoms with Gasteiger partial charge >= 0.3 is 0 Å². The molecule has 0 unspecified atom stereocenters. The molecular formula is C10H8ClN3O2. The van der Waals surface area contributed by atoms with Crippen LogP contribution in [0.4, 0.5) is 5.82 Å². The lowest BCUT2D eigenvalue weighted by atomic mass is 10.2. The molecule has 0 aliphatic rings. The standard InChI is InChI=1S/C10H8ClN3O2/c1-6(15)8(4-12)10(16)14-9-3-2-7(11)5-13-9/h2-3,5,15H,1H3,(H,13,14,16). The van der Waals surface area contributed by atoms with Gasteiger partial charge in [0.25, 0.3) is 5.91 Å². The fourth-order valence-corrected chi connectivity index (χ4v) is 1.04. The van der Waals surface area contributed by atoms with Crippen molar-refractivity contribution in [2.75, 3.05) is 5.32 Å². The monoisotopic (exact) mass is 237 g/mol. The highest BCUT2D eigenvalue weighted by Crippen LogP contribution is 2.11. The number of hydrogen-bond acceptors (Lipinski definition) is 4. The minimum Gasteiger partial charge on any atom is -0.511 e. The van der Waals surface area contributed by atoms with Crippen molar-refractivity contribution in [1.82, 2.24) is 4.98 Å². The van der Waals surface area contributed by atoms with Gasteiger partial charge in [-0.2, -0.15) is 5.26 Å². The van der Waals surface area contributed by atoms with Crippen LogP contribution < -0.4 is 5.32 Å². The minimum absolute atomic E-state index is 0.253. The SMILES string of the molecule is CC(O)=C(C#N)C(=O)Nc1ccc(Cl)cn1. The lowest BCUT2D eigenvalue weighted by Gasteiger charge is -2.03. The Kier molecular flexibility index (Phi) is 3.86. The lowest BCUT2D eigenvalue weighted by Crippen LogP contribution is -2.15. The number of pyridine rings is 1. The van der Waals surface area contributed by atoms with E-state index in [0.717, 1.165) is 0 Å². The van der Waals surface area contributed by atoms with E-state index in [0.29, 0.717) is 5.02 Å². The number of nitriles is 1. The largest absolute Gasteiger partial charge is 0.511 e. The number of anilines is 1. The quantitative estimate of drug-likeness (QED) is 0.468. The molecule has 1 aromatic heterocycles. The Hall–Kier alpha value is -2.06. The Morgan fingerprint density at radius 2 is 2.31 bits per heavy atom. The number of halogens is 1. The Balaban J connectivity index is 2.84. The van der Waals surface area contributed by atoms with Crippen molar-refractivity contribution < 1.29 is 9.90 Å². The number of rotatable bonds is 2. The summed E-state index contributed by atoms with van der Waals surface area (Å²) >= 11 is 5.61. The Bertz CT molecular complexity index is 470. The second-order valence-corrected chi connectivity index (χ2v) is 3.32. The smallest absolute Gasteiger partial charge is 0.270 e. The van der Waals surface area contributed by atoms with Gasteiger partial charge in [0.15, 0.2) is 5.57 Å². The third kappa shape index (κ3) is 2.97. The van der Waals surface area contributed by atoms with Gasteiger partial charge in [-0.15, -0.1) is 0 Å². The third-order valence-corrected chi connectivity index (χ3v) is 1.89. The van der Waals surface area contributed by atoms with E-state index >= 15 is 0 Å². The van der Waals surface area contributed by atoms with E-state index in [-0.39, 0.29) is 17.2 Å². The van der Waals surface area contributed by atoms with Crippen molar-refractivity contribution >= 4 is 23.3 Å². The van der Waals surface area contributed by atoms with Gasteiger partial charge in [-0.05, 0) is 19.1 Å². The van der Waals surface area contributed by atoms with Crippen molar-refractivity contribution in [1.29, 1.82) is 5.26 Å². The normalized spacial score (nSPS) is 11.3. The molecule has 0 aliphatic carbocycles. The number of nitrogens with one attached hydrogen (secondary N) is 1. The number of amides is 1. The maximum atomic E-state index is 11.4. The molecule has 0 spiro atoms. The van der Waals surface area contributed by atoms with E-state index in [9.17, 15) is 4.79 Å². The van der Waals surface area contributed by atoms with Gasteiger partial charge in [-0.25, -0.2) is 4.98 Å². The van der Waals surface area contributed by atoms with Crippen LogP contribution in [-0.2, 0) is 4.79 Å². The number of aromatic nitrogens is 1. The second-order valence-electron chi connectivity index (χ2n) is 2.89. The molecule has 1 rings (SSSR count). The number of carbonyl (C=O) groups is 1. The first-order chi connectivity index (χ1) is 7.54. The van der Waals surface area contributed by atoms with Gasteiger partial charge < -0.3 is 10.4 Å². The molecule has 1 aromatic rings. The van der Waals surface area contributed by atoms with E-state index in [4.69, 9.17) is 22.0 Å².